The second-order valence-corrected chi connectivity index (χ2v) is 6.94. The molecule has 0 radical (unpaired) electrons. The smallest absolute Gasteiger partial charge is 0.191 e. The minimum absolute atomic E-state index is 0.294. The standard InChI is InChI=1S/C18H29N3O/c1-4-19-17(20-13-14-5-7-16(22)8-6-14)21-15-9-11-18(2,3)12-10-15/h5-8,15,22H,4,9-13H2,1-3H3,(H2,19,20,21). The van der Waals surface area contributed by atoms with Gasteiger partial charge in [-0.05, 0) is 55.7 Å². The van der Waals surface area contributed by atoms with Crippen LogP contribution in [0.3, 0.4) is 0 Å². The summed E-state index contributed by atoms with van der Waals surface area (Å²) in [7, 11) is 0. The zero-order valence-electron chi connectivity index (χ0n) is 14.0. The summed E-state index contributed by atoms with van der Waals surface area (Å²) in [6, 6.07) is 7.74. The number of benzene rings is 1. The highest BCUT2D eigenvalue weighted by molar-refractivity contribution is 5.80. The average Bonchev–Trinajstić information content (AvgIpc) is 2.49. The molecule has 22 heavy (non-hydrogen) atoms. The van der Waals surface area contributed by atoms with Crippen LogP contribution in [-0.2, 0) is 6.54 Å². The third-order valence-corrected chi connectivity index (χ3v) is 4.38. The topological polar surface area (TPSA) is 56.7 Å². The molecular weight excluding hydrogens is 274 g/mol. The third-order valence-electron chi connectivity index (χ3n) is 4.38. The Morgan fingerprint density at radius 1 is 1.23 bits per heavy atom. The second-order valence-electron chi connectivity index (χ2n) is 6.94. The lowest BCUT2D eigenvalue weighted by Crippen LogP contribution is -2.45. The zero-order valence-corrected chi connectivity index (χ0v) is 14.0. The number of phenolic OH excluding ortho intramolecular Hbond substituents is 1. The van der Waals surface area contributed by atoms with E-state index in [1.807, 2.05) is 12.1 Å². The van der Waals surface area contributed by atoms with Crippen LogP contribution >= 0.6 is 0 Å². The molecule has 1 aromatic rings. The van der Waals surface area contributed by atoms with Gasteiger partial charge in [-0.3, -0.25) is 0 Å². The van der Waals surface area contributed by atoms with E-state index in [1.165, 1.54) is 25.7 Å². The largest absolute Gasteiger partial charge is 0.508 e. The van der Waals surface area contributed by atoms with Gasteiger partial charge in [0.15, 0.2) is 5.96 Å². The van der Waals surface area contributed by atoms with Crippen LogP contribution in [0, 0.1) is 5.41 Å². The molecule has 1 fully saturated rings. The number of nitrogens with one attached hydrogen (secondary N) is 2. The van der Waals surface area contributed by atoms with Crippen LogP contribution in [0.1, 0.15) is 52.0 Å². The number of phenols is 1. The van der Waals surface area contributed by atoms with Gasteiger partial charge in [-0.2, -0.15) is 0 Å². The lowest BCUT2D eigenvalue weighted by Gasteiger charge is -2.35. The van der Waals surface area contributed by atoms with Gasteiger partial charge in [0.1, 0.15) is 5.75 Å². The fraction of sp³-hybridized carbons (Fsp3) is 0.611. The molecule has 1 aliphatic carbocycles. The fourth-order valence-electron chi connectivity index (χ4n) is 2.83. The van der Waals surface area contributed by atoms with E-state index in [9.17, 15) is 5.11 Å². The highest BCUT2D eigenvalue weighted by Gasteiger charge is 2.27. The molecule has 122 valence electrons. The summed E-state index contributed by atoms with van der Waals surface area (Å²) in [5.41, 5.74) is 1.58. The molecule has 0 bridgehead atoms. The van der Waals surface area contributed by atoms with Crippen LogP contribution in [0.15, 0.2) is 29.3 Å². The van der Waals surface area contributed by atoms with Crippen molar-refractivity contribution in [2.24, 2.45) is 10.4 Å². The van der Waals surface area contributed by atoms with Gasteiger partial charge in [-0.25, -0.2) is 4.99 Å². The van der Waals surface area contributed by atoms with Gasteiger partial charge >= 0.3 is 0 Å². The molecule has 1 aliphatic rings. The number of guanidine groups is 1. The van der Waals surface area contributed by atoms with E-state index in [0.29, 0.717) is 23.8 Å². The summed E-state index contributed by atoms with van der Waals surface area (Å²) in [6.45, 7) is 8.27. The molecule has 0 aromatic heterocycles. The molecule has 0 amide bonds. The molecule has 2 rings (SSSR count). The van der Waals surface area contributed by atoms with E-state index >= 15 is 0 Å². The highest BCUT2D eigenvalue weighted by Crippen LogP contribution is 2.34. The maximum absolute atomic E-state index is 9.32. The van der Waals surface area contributed by atoms with Gasteiger partial charge in [-0.1, -0.05) is 26.0 Å². The molecule has 0 heterocycles. The van der Waals surface area contributed by atoms with Crippen molar-refractivity contribution in [3.63, 3.8) is 0 Å². The van der Waals surface area contributed by atoms with Gasteiger partial charge in [0.25, 0.3) is 0 Å². The predicted molar refractivity (Wildman–Crippen MR) is 92.1 cm³/mol. The molecule has 4 heteroatoms. The van der Waals surface area contributed by atoms with E-state index in [4.69, 9.17) is 0 Å². The Kier molecular flexibility index (Phi) is 5.69. The van der Waals surface area contributed by atoms with E-state index < -0.39 is 0 Å². The fourth-order valence-corrected chi connectivity index (χ4v) is 2.83. The van der Waals surface area contributed by atoms with Crippen molar-refractivity contribution < 1.29 is 5.11 Å². The first kappa shape index (κ1) is 16.7. The Labute approximate surface area is 134 Å². The lowest BCUT2D eigenvalue weighted by molar-refractivity contribution is 0.216. The molecule has 0 spiro atoms. The molecule has 4 nitrogen and oxygen atoms in total. The van der Waals surface area contributed by atoms with Crippen molar-refractivity contribution in [3.05, 3.63) is 29.8 Å². The highest BCUT2D eigenvalue weighted by atomic mass is 16.3. The van der Waals surface area contributed by atoms with Gasteiger partial charge in [-0.15, -0.1) is 0 Å². The predicted octanol–water partition coefficient (Wildman–Crippen LogP) is 3.42. The normalized spacial score (nSPS) is 19.0. The van der Waals surface area contributed by atoms with E-state index in [0.717, 1.165) is 18.1 Å². The van der Waals surface area contributed by atoms with Crippen LogP contribution in [0.5, 0.6) is 5.75 Å². The first-order valence-electron chi connectivity index (χ1n) is 8.31. The van der Waals surface area contributed by atoms with Crippen molar-refractivity contribution >= 4 is 5.96 Å². The molecule has 0 saturated heterocycles. The number of aromatic hydroxyl groups is 1. The van der Waals surface area contributed by atoms with Crippen LogP contribution in [-0.4, -0.2) is 23.7 Å². The zero-order chi connectivity index (χ0) is 16.0. The molecule has 3 N–H and O–H groups in total. The third kappa shape index (κ3) is 5.24. The molecular formula is C18H29N3O. The average molecular weight is 303 g/mol. The summed E-state index contributed by atoms with van der Waals surface area (Å²) in [4.78, 5) is 4.66. The lowest BCUT2D eigenvalue weighted by atomic mass is 9.75. The van der Waals surface area contributed by atoms with E-state index in [2.05, 4.69) is 36.4 Å². The summed E-state index contributed by atoms with van der Waals surface area (Å²) < 4.78 is 0. The maximum Gasteiger partial charge on any atom is 0.191 e. The van der Waals surface area contributed by atoms with Gasteiger partial charge in [0.05, 0.1) is 6.54 Å². The Hall–Kier alpha value is -1.71. The summed E-state index contributed by atoms with van der Waals surface area (Å²) in [6.07, 6.45) is 4.94. The number of hydrogen-bond donors (Lipinski definition) is 3. The summed E-state index contributed by atoms with van der Waals surface area (Å²) in [5.74, 6) is 1.18. The Morgan fingerprint density at radius 2 is 1.86 bits per heavy atom. The van der Waals surface area contributed by atoms with Crippen LogP contribution in [0.4, 0.5) is 0 Å². The molecule has 0 unspecified atom stereocenters. The number of nitrogens with zero attached hydrogens (tertiary/aromatic N) is 1. The molecule has 1 aromatic carbocycles. The summed E-state index contributed by atoms with van der Waals surface area (Å²) >= 11 is 0. The minimum atomic E-state index is 0.294. The van der Waals surface area contributed by atoms with Crippen LogP contribution < -0.4 is 10.6 Å². The maximum atomic E-state index is 9.32. The van der Waals surface area contributed by atoms with Gasteiger partial charge in [0.2, 0.25) is 0 Å². The number of aliphatic imine (C=N–C) groups is 1. The van der Waals surface area contributed by atoms with Crippen molar-refractivity contribution in [3.8, 4) is 5.75 Å². The second kappa shape index (κ2) is 7.52. The van der Waals surface area contributed by atoms with Crippen LogP contribution in [0.2, 0.25) is 0 Å². The van der Waals surface area contributed by atoms with Gasteiger partial charge < -0.3 is 15.7 Å². The van der Waals surface area contributed by atoms with Crippen molar-refractivity contribution in [2.45, 2.75) is 59.0 Å². The van der Waals surface area contributed by atoms with Crippen molar-refractivity contribution in [1.29, 1.82) is 0 Å². The Bertz CT molecular complexity index is 484. The number of rotatable bonds is 4. The minimum Gasteiger partial charge on any atom is -0.508 e. The van der Waals surface area contributed by atoms with Crippen molar-refractivity contribution in [2.75, 3.05) is 6.54 Å². The van der Waals surface area contributed by atoms with Gasteiger partial charge in [0, 0.05) is 12.6 Å². The van der Waals surface area contributed by atoms with Crippen molar-refractivity contribution in [1.82, 2.24) is 10.6 Å². The first-order valence-corrected chi connectivity index (χ1v) is 8.31. The Balaban J connectivity index is 1.91. The number of hydrogen-bond acceptors (Lipinski definition) is 2. The first-order chi connectivity index (χ1) is 10.5. The molecule has 1 saturated carbocycles. The summed E-state index contributed by atoms with van der Waals surface area (Å²) in [5, 5.41) is 16.2. The Morgan fingerprint density at radius 3 is 2.45 bits per heavy atom. The molecule has 0 aliphatic heterocycles. The van der Waals surface area contributed by atoms with Crippen LogP contribution in [0.25, 0.3) is 0 Å². The SMILES string of the molecule is CCNC(=NCc1ccc(O)cc1)NC1CCC(C)(C)CC1. The quantitative estimate of drug-likeness (QED) is 0.590. The van der Waals surface area contributed by atoms with E-state index in [1.54, 1.807) is 12.1 Å². The molecule has 0 atom stereocenters. The monoisotopic (exact) mass is 303 g/mol. The van der Waals surface area contributed by atoms with E-state index in [-0.39, 0.29) is 0 Å².